The average Bonchev–Trinajstić information content (AvgIpc) is 2.28. The first-order valence-corrected chi connectivity index (χ1v) is 6.49. The minimum absolute atomic E-state index is 0.366. The van der Waals surface area contributed by atoms with Crippen LogP contribution in [-0.4, -0.2) is 23.1 Å². The van der Waals surface area contributed by atoms with Crippen LogP contribution in [-0.2, 0) is 0 Å². The summed E-state index contributed by atoms with van der Waals surface area (Å²) in [5.41, 5.74) is 6.33. The summed E-state index contributed by atoms with van der Waals surface area (Å²) in [6.07, 6.45) is 1.30. The first-order valence-electron chi connectivity index (χ1n) is 6.08. The van der Waals surface area contributed by atoms with Gasteiger partial charge in [0, 0.05) is 13.1 Å². The van der Waals surface area contributed by atoms with Crippen molar-refractivity contribution in [3.63, 3.8) is 0 Å². The molecule has 4 heteroatoms. The van der Waals surface area contributed by atoms with Crippen LogP contribution >= 0.6 is 12.2 Å². The molecule has 0 bridgehead atoms. The summed E-state index contributed by atoms with van der Waals surface area (Å²) in [6, 6.07) is 5.87. The topological polar surface area (TPSA) is 42.1 Å². The maximum atomic E-state index is 5.62. The second-order valence-electron chi connectivity index (χ2n) is 5.10. The molecule has 1 aromatic heterocycles. The van der Waals surface area contributed by atoms with E-state index in [4.69, 9.17) is 18.0 Å². The van der Waals surface area contributed by atoms with E-state index in [1.165, 1.54) is 6.42 Å². The van der Waals surface area contributed by atoms with Crippen LogP contribution < -0.4 is 10.6 Å². The molecule has 0 saturated carbocycles. The van der Waals surface area contributed by atoms with Crippen molar-refractivity contribution in [2.45, 2.75) is 20.3 Å². The third-order valence-electron chi connectivity index (χ3n) is 3.18. The van der Waals surface area contributed by atoms with Crippen LogP contribution in [0.5, 0.6) is 0 Å². The Balaban J connectivity index is 2.21. The molecular weight excluding hydrogens is 230 g/mol. The Labute approximate surface area is 108 Å². The molecule has 3 nitrogen and oxygen atoms in total. The van der Waals surface area contributed by atoms with Gasteiger partial charge in [-0.1, -0.05) is 32.1 Å². The minimum Gasteiger partial charge on any atom is -0.388 e. The molecule has 1 aliphatic rings. The quantitative estimate of drug-likeness (QED) is 0.816. The molecule has 1 fully saturated rings. The van der Waals surface area contributed by atoms with Gasteiger partial charge < -0.3 is 10.6 Å². The van der Waals surface area contributed by atoms with E-state index in [2.05, 4.69) is 23.7 Å². The van der Waals surface area contributed by atoms with E-state index in [1.54, 1.807) is 0 Å². The number of nitrogens with two attached hydrogens (primary N) is 1. The average molecular weight is 249 g/mol. The summed E-state index contributed by atoms with van der Waals surface area (Å²) in [4.78, 5) is 7.22. The van der Waals surface area contributed by atoms with Crippen LogP contribution in [0.3, 0.4) is 0 Å². The van der Waals surface area contributed by atoms with Crippen molar-refractivity contribution in [2.24, 2.45) is 17.6 Å². The van der Waals surface area contributed by atoms with E-state index in [9.17, 15) is 0 Å². The van der Waals surface area contributed by atoms with Gasteiger partial charge in [0.2, 0.25) is 0 Å². The maximum Gasteiger partial charge on any atom is 0.129 e. The van der Waals surface area contributed by atoms with Gasteiger partial charge >= 0.3 is 0 Å². The third-order valence-corrected chi connectivity index (χ3v) is 3.39. The van der Waals surface area contributed by atoms with E-state index in [0.717, 1.165) is 18.9 Å². The number of nitrogens with zero attached hydrogens (tertiary/aromatic N) is 2. The highest BCUT2D eigenvalue weighted by Gasteiger charge is 2.22. The number of piperidine rings is 1. The van der Waals surface area contributed by atoms with Gasteiger partial charge in [-0.2, -0.15) is 0 Å². The van der Waals surface area contributed by atoms with Gasteiger partial charge in [0.15, 0.2) is 0 Å². The summed E-state index contributed by atoms with van der Waals surface area (Å²) >= 11 is 4.97. The molecule has 92 valence electrons. The number of anilines is 1. The van der Waals surface area contributed by atoms with Crippen LogP contribution in [0.15, 0.2) is 18.2 Å². The molecule has 1 aromatic rings. The van der Waals surface area contributed by atoms with Gasteiger partial charge in [0.05, 0.1) is 5.69 Å². The van der Waals surface area contributed by atoms with Gasteiger partial charge in [0.1, 0.15) is 10.8 Å². The zero-order valence-electron chi connectivity index (χ0n) is 10.4. The van der Waals surface area contributed by atoms with Gasteiger partial charge in [0.25, 0.3) is 0 Å². The molecular formula is C13H19N3S. The molecule has 1 aliphatic heterocycles. The molecule has 1 saturated heterocycles. The van der Waals surface area contributed by atoms with Gasteiger partial charge in [-0.15, -0.1) is 0 Å². The predicted octanol–water partition coefficient (Wildman–Crippen LogP) is 2.20. The van der Waals surface area contributed by atoms with Crippen LogP contribution in [0.2, 0.25) is 0 Å². The van der Waals surface area contributed by atoms with Gasteiger partial charge in [-0.05, 0) is 30.4 Å². The largest absolute Gasteiger partial charge is 0.388 e. The van der Waals surface area contributed by atoms with E-state index in [0.29, 0.717) is 22.5 Å². The van der Waals surface area contributed by atoms with E-state index >= 15 is 0 Å². The number of pyridine rings is 1. The lowest BCUT2D eigenvalue weighted by Gasteiger charge is -2.35. The number of rotatable bonds is 2. The Hall–Kier alpha value is -1.16. The normalized spacial score (nSPS) is 24.7. The summed E-state index contributed by atoms with van der Waals surface area (Å²) in [6.45, 7) is 6.72. The molecule has 17 heavy (non-hydrogen) atoms. The van der Waals surface area contributed by atoms with Crippen molar-refractivity contribution in [2.75, 3.05) is 18.0 Å². The molecule has 2 atom stereocenters. The van der Waals surface area contributed by atoms with Crippen molar-refractivity contribution < 1.29 is 0 Å². The summed E-state index contributed by atoms with van der Waals surface area (Å²) < 4.78 is 0. The molecule has 0 amide bonds. The fourth-order valence-corrected chi connectivity index (χ4v) is 2.70. The number of hydrogen-bond acceptors (Lipinski definition) is 3. The van der Waals surface area contributed by atoms with Crippen molar-refractivity contribution >= 4 is 23.0 Å². The monoisotopic (exact) mass is 249 g/mol. The highest BCUT2D eigenvalue weighted by Crippen LogP contribution is 2.24. The molecule has 2 unspecified atom stereocenters. The zero-order valence-corrected chi connectivity index (χ0v) is 11.2. The first kappa shape index (κ1) is 12.3. The van der Waals surface area contributed by atoms with E-state index in [1.807, 2.05) is 18.2 Å². The van der Waals surface area contributed by atoms with E-state index < -0.39 is 0 Å². The highest BCUT2D eigenvalue weighted by molar-refractivity contribution is 7.80. The third kappa shape index (κ3) is 2.94. The standard InChI is InChI=1S/C13H19N3S/c1-9-6-10(2)8-16(7-9)12-5-3-4-11(15-12)13(14)17/h3-5,9-10H,6-8H2,1-2H3,(H2,14,17). The lowest BCUT2D eigenvalue weighted by molar-refractivity contribution is 0.355. The van der Waals surface area contributed by atoms with Gasteiger partial charge in [-0.25, -0.2) is 4.98 Å². The predicted molar refractivity (Wildman–Crippen MR) is 75.3 cm³/mol. The fourth-order valence-electron chi connectivity index (χ4n) is 2.59. The molecule has 0 aliphatic carbocycles. The molecule has 2 heterocycles. The Morgan fingerprint density at radius 3 is 2.59 bits per heavy atom. The van der Waals surface area contributed by atoms with E-state index in [-0.39, 0.29) is 0 Å². The zero-order chi connectivity index (χ0) is 12.4. The smallest absolute Gasteiger partial charge is 0.129 e. The summed E-state index contributed by atoms with van der Waals surface area (Å²) in [7, 11) is 0. The van der Waals surface area contributed by atoms with Crippen molar-refractivity contribution in [3.05, 3.63) is 23.9 Å². The summed E-state index contributed by atoms with van der Waals surface area (Å²) in [5, 5.41) is 0. The van der Waals surface area contributed by atoms with Crippen molar-refractivity contribution in [3.8, 4) is 0 Å². The highest BCUT2D eigenvalue weighted by atomic mass is 32.1. The molecule has 0 spiro atoms. The molecule has 2 rings (SSSR count). The number of thiocarbonyl (C=S) groups is 1. The lowest BCUT2D eigenvalue weighted by Crippen LogP contribution is -2.39. The summed E-state index contributed by atoms with van der Waals surface area (Å²) in [5.74, 6) is 2.43. The molecule has 0 radical (unpaired) electrons. The Morgan fingerprint density at radius 1 is 1.35 bits per heavy atom. The SMILES string of the molecule is CC1CC(C)CN(c2cccc(C(N)=S)n2)C1. The Kier molecular flexibility index (Phi) is 3.62. The van der Waals surface area contributed by atoms with Crippen LogP contribution in [0.25, 0.3) is 0 Å². The number of aromatic nitrogens is 1. The molecule has 2 N–H and O–H groups in total. The maximum absolute atomic E-state index is 5.62. The Bertz CT molecular complexity index is 409. The number of hydrogen-bond donors (Lipinski definition) is 1. The second-order valence-corrected chi connectivity index (χ2v) is 5.54. The minimum atomic E-state index is 0.366. The Morgan fingerprint density at radius 2 is 2.00 bits per heavy atom. The first-order chi connectivity index (χ1) is 8.06. The molecule has 0 aromatic carbocycles. The van der Waals surface area contributed by atoms with Crippen molar-refractivity contribution in [1.29, 1.82) is 0 Å². The van der Waals surface area contributed by atoms with Crippen LogP contribution in [0, 0.1) is 11.8 Å². The van der Waals surface area contributed by atoms with Crippen molar-refractivity contribution in [1.82, 2.24) is 4.98 Å². The van der Waals surface area contributed by atoms with Crippen LogP contribution in [0.4, 0.5) is 5.82 Å². The lowest BCUT2D eigenvalue weighted by atomic mass is 9.92. The fraction of sp³-hybridized carbons (Fsp3) is 0.538. The van der Waals surface area contributed by atoms with Gasteiger partial charge in [-0.3, -0.25) is 0 Å². The van der Waals surface area contributed by atoms with Crippen LogP contribution in [0.1, 0.15) is 26.0 Å². The second kappa shape index (κ2) is 5.00.